The maximum Gasteiger partial charge on any atom is 0.309 e. The lowest BCUT2D eigenvalue weighted by atomic mass is 9.80. The monoisotopic (exact) mass is 251 g/mol. The summed E-state index contributed by atoms with van der Waals surface area (Å²) in [5, 5.41) is 13.1. The zero-order chi connectivity index (χ0) is 13.2. The number of aromatic nitrogens is 2. The Hall–Kier alpha value is -1.85. The van der Waals surface area contributed by atoms with Gasteiger partial charge in [0.2, 0.25) is 5.91 Å². The number of piperidine rings is 1. The van der Waals surface area contributed by atoms with Crippen LogP contribution in [0.4, 0.5) is 0 Å². The second-order valence-electron chi connectivity index (χ2n) is 4.95. The first-order valence-electron chi connectivity index (χ1n) is 6.00. The Bertz CT molecular complexity index is 433. The summed E-state index contributed by atoms with van der Waals surface area (Å²) < 4.78 is 1.58. The van der Waals surface area contributed by atoms with Gasteiger partial charge in [-0.25, -0.2) is 0 Å². The van der Waals surface area contributed by atoms with Gasteiger partial charge in [-0.1, -0.05) is 0 Å². The second-order valence-corrected chi connectivity index (χ2v) is 4.95. The quantitative estimate of drug-likeness (QED) is 0.853. The van der Waals surface area contributed by atoms with Gasteiger partial charge in [-0.15, -0.1) is 0 Å². The normalized spacial score (nSPS) is 18.6. The van der Waals surface area contributed by atoms with Crippen LogP contribution < -0.4 is 0 Å². The number of carbonyl (C=O) groups is 2. The molecule has 6 heteroatoms. The van der Waals surface area contributed by atoms with Crippen LogP contribution in [0.1, 0.15) is 19.8 Å². The van der Waals surface area contributed by atoms with Crippen LogP contribution in [0.15, 0.2) is 18.5 Å². The van der Waals surface area contributed by atoms with E-state index >= 15 is 0 Å². The van der Waals surface area contributed by atoms with Gasteiger partial charge >= 0.3 is 5.97 Å². The van der Waals surface area contributed by atoms with Crippen molar-refractivity contribution in [1.82, 2.24) is 14.7 Å². The number of hydrogen-bond donors (Lipinski definition) is 1. The van der Waals surface area contributed by atoms with Crippen LogP contribution in [0.3, 0.4) is 0 Å². The van der Waals surface area contributed by atoms with Crippen molar-refractivity contribution >= 4 is 11.9 Å². The minimum absolute atomic E-state index is 0.00820. The van der Waals surface area contributed by atoms with Crippen LogP contribution in [0, 0.1) is 5.41 Å². The first-order valence-corrected chi connectivity index (χ1v) is 6.00. The van der Waals surface area contributed by atoms with E-state index in [2.05, 4.69) is 5.10 Å². The van der Waals surface area contributed by atoms with Gasteiger partial charge in [-0.3, -0.25) is 14.3 Å². The van der Waals surface area contributed by atoms with Crippen LogP contribution in [0.25, 0.3) is 0 Å². The Balaban J connectivity index is 1.90. The Morgan fingerprint density at radius 2 is 2.06 bits per heavy atom. The van der Waals surface area contributed by atoms with Crippen molar-refractivity contribution in [3.8, 4) is 0 Å². The lowest BCUT2D eigenvalue weighted by molar-refractivity contribution is -0.153. The summed E-state index contributed by atoms with van der Waals surface area (Å²) in [6.07, 6.45) is 4.38. The highest BCUT2D eigenvalue weighted by atomic mass is 16.4. The van der Waals surface area contributed by atoms with E-state index in [0.717, 1.165) is 0 Å². The summed E-state index contributed by atoms with van der Waals surface area (Å²) in [4.78, 5) is 24.8. The number of rotatable bonds is 3. The summed E-state index contributed by atoms with van der Waals surface area (Å²) >= 11 is 0. The molecule has 0 atom stereocenters. The zero-order valence-electron chi connectivity index (χ0n) is 10.4. The minimum Gasteiger partial charge on any atom is -0.481 e. The second kappa shape index (κ2) is 4.80. The van der Waals surface area contributed by atoms with E-state index in [4.69, 9.17) is 5.11 Å². The average Bonchev–Trinajstić information content (AvgIpc) is 2.82. The van der Waals surface area contributed by atoms with E-state index in [1.54, 1.807) is 35.0 Å². The predicted octanol–water partition coefficient (Wildman–Crippen LogP) is 0.596. The maximum absolute atomic E-state index is 12.0. The highest BCUT2D eigenvalue weighted by Crippen LogP contribution is 2.31. The van der Waals surface area contributed by atoms with Crippen molar-refractivity contribution < 1.29 is 14.7 Å². The molecule has 0 bridgehead atoms. The number of carboxylic acid groups (broad SMARTS) is 1. The molecule has 1 N–H and O–H groups in total. The maximum atomic E-state index is 12.0. The number of amides is 1. The van der Waals surface area contributed by atoms with Gasteiger partial charge in [0, 0.05) is 25.5 Å². The number of carbonyl (C=O) groups excluding carboxylic acids is 1. The van der Waals surface area contributed by atoms with Gasteiger partial charge < -0.3 is 10.0 Å². The number of aliphatic carboxylic acids is 1. The first kappa shape index (κ1) is 12.6. The number of hydrogen-bond acceptors (Lipinski definition) is 3. The van der Waals surface area contributed by atoms with Crippen molar-refractivity contribution in [3.63, 3.8) is 0 Å². The van der Waals surface area contributed by atoms with Crippen molar-refractivity contribution in [3.05, 3.63) is 18.5 Å². The summed E-state index contributed by atoms with van der Waals surface area (Å²) in [6.45, 7) is 2.97. The molecule has 0 aliphatic carbocycles. The molecule has 1 amide bonds. The molecular weight excluding hydrogens is 234 g/mol. The van der Waals surface area contributed by atoms with Crippen molar-refractivity contribution in [2.24, 2.45) is 5.41 Å². The van der Waals surface area contributed by atoms with Crippen molar-refractivity contribution in [1.29, 1.82) is 0 Å². The van der Waals surface area contributed by atoms with E-state index in [1.807, 2.05) is 0 Å². The molecule has 0 unspecified atom stereocenters. The molecule has 6 nitrogen and oxygen atoms in total. The molecule has 98 valence electrons. The van der Waals surface area contributed by atoms with Gasteiger partial charge in [-0.05, 0) is 25.8 Å². The topological polar surface area (TPSA) is 75.4 Å². The molecule has 2 heterocycles. The van der Waals surface area contributed by atoms with E-state index in [1.165, 1.54) is 0 Å². The molecule has 1 aliphatic rings. The summed E-state index contributed by atoms with van der Waals surface area (Å²) in [5.41, 5.74) is -0.692. The summed E-state index contributed by atoms with van der Waals surface area (Å²) in [6, 6.07) is 1.77. The SMILES string of the molecule is CC1(C(=O)O)CCN(C(=O)Cn2cccn2)CC1. The van der Waals surface area contributed by atoms with Crippen LogP contribution in [0.5, 0.6) is 0 Å². The van der Waals surface area contributed by atoms with E-state index in [0.29, 0.717) is 25.9 Å². The standard InChI is InChI=1S/C12H17N3O3/c1-12(11(17)18)3-7-14(8-4-12)10(16)9-15-6-2-5-13-15/h2,5-6H,3-4,7-9H2,1H3,(H,17,18). The fourth-order valence-electron chi connectivity index (χ4n) is 2.10. The Morgan fingerprint density at radius 3 is 2.56 bits per heavy atom. The number of nitrogens with zero attached hydrogens (tertiary/aromatic N) is 3. The lowest BCUT2D eigenvalue weighted by Gasteiger charge is -2.36. The average molecular weight is 251 g/mol. The molecule has 1 aliphatic heterocycles. The predicted molar refractivity (Wildman–Crippen MR) is 63.8 cm³/mol. The van der Waals surface area contributed by atoms with Crippen LogP contribution in [-0.2, 0) is 16.1 Å². The Morgan fingerprint density at radius 1 is 1.39 bits per heavy atom. The molecular formula is C12H17N3O3. The molecule has 0 radical (unpaired) electrons. The van der Waals surface area contributed by atoms with Gasteiger partial charge in [0.1, 0.15) is 6.54 Å². The molecule has 0 spiro atoms. The lowest BCUT2D eigenvalue weighted by Crippen LogP contribution is -2.46. The summed E-state index contributed by atoms with van der Waals surface area (Å²) in [7, 11) is 0. The molecule has 0 saturated carbocycles. The zero-order valence-corrected chi connectivity index (χ0v) is 10.4. The van der Waals surface area contributed by atoms with Gasteiger partial charge in [-0.2, -0.15) is 5.10 Å². The van der Waals surface area contributed by atoms with Crippen molar-refractivity contribution in [2.75, 3.05) is 13.1 Å². The highest BCUT2D eigenvalue weighted by molar-refractivity contribution is 5.77. The van der Waals surface area contributed by atoms with Crippen LogP contribution in [0.2, 0.25) is 0 Å². The molecule has 1 saturated heterocycles. The third-order valence-corrected chi connectivity index (χ3v) is 3.59. The van der Waals surface area contributed by atoms with E-state index in [-0.39, 0.29) is 12.5 Å². The molecule has 0 aromatic carbocycles. The van der Waals surface area contributed by atoms with E-state index < -0.39 is 11.4 Å². The third-order valence-electron chi connectivity index (χ3n) is 3.59. The first-order chi connectivity index (χ1) is 8.51. The highest BCUT2D eigenvalue weighted by Gasteiger charge is 2.37. The molecule has 1 aromatic heterocycles. The minimum atomic E-state index is -0.776. The number of carboxylic acids is 1. The van der Waals surface area contributed by atoms with Gasteiger partial charge in [0.15, 0.2) is 0 Å². The van der Waals surface area contributed by atoms with Gasteiger partial charge in [0.25, 0.3) is 0 Å². The Labute approximate surface area is 105 Å². The Kier molecular flexibility index (Phi) is 3.36. The van der Waals surface area contributed by atoms with Gasteiger partial charge in [0.05, 0.1) is 5.41 Å². The molecule has 1 fully saturated rings. The summed E-state index contributed by atoms with van der Waals surface area (Å²) in [5.74, 6) is -0.784. The van der Waals surface area contributed by atoms with Crippen LogP contribution >= 0.6 is 0 Å². The third kappa shape index (κ3) is 2.52. The smallest absolute Gasteiger partial charge is 0.309 e. The van der Waals surface area contributed by atoms with Crippen molar-refractivity contribution in [2.45, 2.75) is 26.3 Å². The molecule has 2 rings (SSSR count). The molecule has 18 heavy (non-hydrogen) atoms. The largest absolute Gasteiger partial charge is 0.481 e. The fraction of sp³-hybridized carbons (Fsp3) is 0.583. The van der Waals surface area contributed by atoms with Crippen LogP contribution in [-0.4, -0.2) is 44.8 Å². The number of likely N-dealkylation sites (tertiary alicyclic amines) is 1. The fourth-order valence-corrected chi connectivity index (χ4v) is 2.10. The van der Waals surface area contributed by atoms with E-state index in [9.17, 15) is 9.59 Å². The molecule has 1 aromatic rings.